The van der Waals surface area contributed by atoms with Gasteiger partial charge in [0.2, 0.25) is 11.2 Å². The average Bonchev–Trinajstić information content (AvgIpc) is 2.63. The number of hydrogen-bond donors (Lipinski definition) is 3. The van der Waals surface area contributed by atoms with E-state index in [0.29, 0.717) is 0 Å². The van der Waals surface area contributed by atoms with Gasteiger partial charge in [-0.2, -0.15) is 0 Å². The zero-order chi connectivity index (χ0) is 18.8. The summed E-state index contributed by atoms with van der Waals surface area (Å²) in [5, 5.41) is 29.9. The largest absolute Gasteiger partial charge is 0.508 e. The van der Waals surface area contributed by atoms with Gasteiger partial charge >= 0.3 is 0 Å². The van der Waals surface area contributed by atoms with E-state index in [9.17, 15) is 20.1 Å². The highest BCUT2D eigenvalue weighted by molar-refractivity contribution is 5.88. The molecule has 132 valence electrons. The molecule has 0 aliphatic heterocycles. The highest BCUT2D eigenvalue weighted by atomic mass is 16.5. The Labute approximate surface area is 147 Å². The van der Waals surface area contributed by atoms with Crippen molar-refractivity contribution < 1.29 is 29.2 Å². The zero-order valence-electron chi connectivity index (χ0n) is 13.6. The molecule has 1 heterocycles. The fraction of sp³-hybridized carbons (Fsp3) is 0.105. The van der Waals surface area contributed by atoms with Gasteiger partial charge < -0.3 is 29.2 Å². The van der Waals surface area contributed by atoms with Crippen molar-refractivity contribution in [1.29, 1.82) is 0 Å². The Bertz CT molecular complexity index is 1090. The summed E-state index contributed by atoms with van der Waals surface area (Å²) in [7, 11) is 1.33. The standard InChI is InChI=1S/C19H14O7/c1-3-6-25-13-7-10(4-5-12(13)21)19-18(23)17(22)16-14(24-2)8-11(20)9-15(16)26-19/h1,4-5,7-9,20-21,23H,6H2,2H3. The molecule has 3 aromatic rings. The van der Waals surface area contributed by atoms with Crippen LogP contribution in [0.15, 0.2) is 39.5 Å². The van der Waals surface area contributed by atoms with Crippen LogP contribution >= 0.6 is 0 Å². The molecule has 0 bridgehead atoms. The lowest BCUT2D eigenvalue weighted by atomic mass is 10.1. The summed E-state index contributed by atoms with van der Waals surface area (Å²) in [6.45, 7) is -0.0737. The van der Waals surface area contributed by atoms with Crippen molar-refractivity contribution in [1.82, 2.24) is 0 Å². The fourth-order valence-electron chi connectivity index (χ4n) is 2.51. The second-order valence-electron chi connectivity index (χ2n) is 5.31. The predicted octanol–water partition coefficient (Wildman–Crippen LogP) is 2.60. The third-order valence-corrected chi connectivity index (χ3v) is 3.67. The summed E-state index contributed by atoms with van der Waals surface area (Å²) in [6.07, 6.45) is 5.13. The number of rotatable bonds is 4. The van der Waals surface area contributed by atoms with E-state index in [1.54, 1.807) is 0 Å². The summed E-state index contributed by atoms with van der Waals surface area (Å²) < 4.78 is 15.9. The van der Waals surface area contributed by atoms with Crippen molar-refractivity contribution in [2.75, 3.05) is 13.7 Å². The van der Waals surface area contributed by atoms with Gasteiger partial charge in [-0.3, -0.25) is 4.79 Å². The highest BCUT2D eigenvalue weighted by Crippen LogP contribution is 2.38. The lowest BCUT2D eigenvalue weighted by molar-refractivity contribution is 0.342. The molecule has 0 amide bonds. The number of ether oxygens (including phenoxy) is 2. The highest BCUT2D eigenvalue weighted by Gasteiger charge is 2.20. The van der Waals surface area contributed by atoms with Gasteiger partial charge in [0.1, 0.15) is 29.1 Å². The molecule has 0 aliphatic carbocycles. The molecule has 0 fully saturated rings. The Balaban J connectivity index is 2.25. The van der Waals surface area contributed by atoms with Crippen molar-refractivity contribution in [3.05, 3.63) is 40.6 Å². The summed E-state index contributed by atoms with van der Waals surface area (Å²) in [4.78, 5) is 12.6. The molecule has 3 N–H and O–H groups in total. The minimum atomic E-state index is -0.725. The summed E-state index contributed by atoms with van der Waals surface area (Å²) >= 11 is 0. The molecule has 1 aromatic heterocycles. The molecule has 3 rings (SSSR count). The van der Waals surface area contributed by atoms with Crippen LogP contribution in [0.4, 0.5) is 0 Å². The number of methoxy groups -OCH3 is 1. The molecule has 0 saturated heterocycles. The van der Waals surface area contributed by atoms with Crippen LogP contribution in [-0.4, -0.2) is 29.0 Å². The number of hydrogen-bond acceptors (Lipinski definition) is 7. The fourth-order valence-corrected chi connectivity index (χ4v) is 2.51. The van der Waals surface area contributed by atoms with Crippen molar-refractivity contribution in [2.45, 2.75) is 0 Å². The van der Waals surface area contributed by atoms with Gasteiger partial charge in [-0.15, -0.1) is 6.42 Å². The number of terminal acetylenes is 1. The Morgan fingerprint density at radius 3 is 2.62 bits per heavy atom. The predicted molar refractivity (Wildman–Crippen MR) is 93.8 cm³/mol. The lowest BCUT2D eigenvalue weighted by Crippen LogP contribution is -2.04. The van der Waals surface area contributed by atoms with E-state index in [4.69, 9.17) is 20.3 Å². The number of phenolic OH excluding ortho intramolecular Hbond substituents is 2. The number of phenols is 2. The second-order valence-corrected chi connectivity index (χ2v) is 5.31. The van der Waals surface area contributed by atoms with E-state index in [0.717, 1.165) is 0 Å². The molecular formula is C19H14O7. The Hall–Kier alpha value is -3.79. The van der Waals surface area contributed by atoms with E-state index < -0.39 is 11.2 Å². The van der Waals surface area contributed by atoms with Gasteiger partial charge in [-0.05, 0) is 18.2 Å². The van der Waals surface area contributed by atoms with Crippen molar-refractivity contribution in [3.8, 4) is 52.4 Å². The molecule has 0 atom stereocenters. The van der Waals surface area contributed by atoms with Gasteiger partial charge in [0.25, 0.3) is 0 Å². The van der Waals surface area contributed by atoms with E-state index in [-0.39, 0.29) is 51.9 Å². The monoisotopic (exact) mass is 354 g/mol. The topological polar surface area (TPSA) is 109 Å². The maximum Gasteiger partial charge on any atom is 0.238 e. The third kappa shape index (κ3) is 2.84. The minimum absolute atomic E-state index is 0.00543. The van der Waals surface area contributed by atoms with E-state index in [1.807, 2.05) is 0 Å². The average molecular weight is 354 g/mol. The van der Waals surface area contributed by atoms with Crippen molar-refractivity contribution >= 4 is 11.0 Å². The van der Waals surface area contributed by atoms with Crippen LogP contribution in [0, 0.1) is 12.3 Å². The normalized spacial score (nSPS) is 10.5. The molecule has 0 unspecified atom stereocenters. The smallest absolute Gasteiger partial charge is 0.238 e. The Kier molecular flexibility index (Phi) is 4.33. The molecule has 2 aromatic carbocycles. The summed E-state index contributed by atoms with van der Waals surface area (Å²) in [5.41, 5.74) is -0.426. The van der Waals surface area contributed by atoms with Gasteiger partial charge in [0.05, 0.1) is 7.11 Å². The number of fused-ring (bicyclic) bond motifs is 1. The summed E-state index contributed by atoms with van der Waals surface area (Å²) in [5.74, 6) is 1.28. The van der Waals surface area contributed by atoms with Crippen LogP contribution in [-0.2, 0) is 0 Å². The first-order chi connectivity index (χ1) is 12.5. The molecule has 0 saturated carbocycles. The summed E-state index contributed by atoms with van der Waals surface area (Å²) in [6, 6.07) is 6.59. The molecule has 26 heavy (non-hydrogen) atoms. The van der Waals surface area contributed by atoms with Gasteiger partial charge in [0, 0.05) is 17.7 Å². The van der Waals surface area contributed by atoms with Crippen molar-refractivity contribution in [3.63, 3.8) is 0 Å². The van der Waals surface area contributed by atoms with Crippen LogP contribution in [0.25, 0.3) is 22.3 Å². The molecule has 0 spiro atoms. The first kappa shape index (κ1) is 17.0. The molecular weight excluding hydrogens is 340 g/mol. The SMILES string of the molecule is C#CCOc1cc(-c2oc3cc(O)cc(OC)c3c(=O)c2O)ccc1O. The van der Waals surface area contributed by atoms with Crippen LogP contribution in [0.3, 0.4) is 0 Å². The van der Waals surface area contributed by atoms with E-state index >= 15 is 0 Å². The maximum absolute atomic E-state index is 12.6. The molecule has 0 aliphatic rings. The van der Waals surface area contributed by atoms with Crippen molar-refractivity contribution in [2.24, 2.45) is 0 Å². The molecule has 7 nitrogen and oxygen atoms in total. The number of aromatic hydroxyl groups is 3. The Morgan fingerprint density at radius 1 is 1.15 bits per heavy atom. The Morgan fingerprint density at radius 2 is 1.92 bits per heavy atom. The van der Waals surface area contributed by atoms with Gasteiger partial charge in [-0.25, -0.2) is 0 Å². The quantitative estimate of drug-likeness (QED) is 0.618. The first-order valence-electron chi connectivity index (χ1n) is 7.42. The van der Waals surface area contributed by atoms with Gasteiger partial charge in [-0.1, -0.05) is 5.92 Å². The molecule has 7 heteroatoms. The third-order valence-electron chi connectivity index (χ3n) is 3.67. The van der Waals surface area contributed by atoms with Crippen LogP contribution < -0.4 is 14.9 Å². The van der Waals surface area contributed by atoms with Crippen LogP contribution in [0.1, 0.15) is 0 Å². The zero-order valence-corrected chi connectivity index (χ0v) is 13.6. The minimum Gasteiger partial charge on any atom is -0.508 e. The molecule has 0 radical (unpaired) electrons. The first-order valence-corrected chi connectivity index (χ1v) is 7.42. The number of benzene rings is 2. The van der Waals surface area contributed by atoms with Gasteiger partial charge in [0.15, 0.2) is 17.3 Å². The maximum atomic E-state index is 12.6. The van der Waals surface area contributed by atoms with Crippen LogP contribution in [0.5, 0.6) is 28.7 Å². The second kappa shape index (κ2) is 6.61. The van der Waals surface area contributed by atoms with E-state index in [2.05, 4.69) is 5.92 Å². The van der Waals surface area contributed by atoms with E-state index in [1.165, 1.54) is 37.4 Å². The van der Waals surface area contributed by atoms with Crippen LogP contribution in [0.2, 0.25) is 0 Å². The lowest BCUT2D eigenvalue weighted by Gasteiger charge is -2.11.